The maximum Gasteiger partial charge on any atom is 0.308 e. The van der Waals surface area contributed by atoms with Gasteiger partial charge in [-0.3, -0.25) is 4.79 Å². The fourth-order valence-electron chi connectivity index (χ4n) is 1.44. The molecule has 0 unspecified atom stereocenters. The topological polar surface area (TPSA) is 79.2 Å². The molecule has 0 aromatic carbocycles. The van der Waals surface area contributed by atoms with Crippen LogP contribution >= 0.6 is 23.1 Å². The van der Waals surface area contributed by atoms with Crippen molar-refractivity contribution in [2.45, 2.75) is 22.7 Å². The fraction of sp³-hybridized carbons (Fsp3) is 0.333. The van der Waals surface area contributed by atoms with Gasteiger partial charge in [-0.25, -0.2) is 15.0 Å². The Bertz CT molecular complexity index is 628. The van der Waals surface area contributed by atoms with E-state index in [-0.39, 0.29) is 6.42 Å². The van der Waals surface area contributed by atoms with Gasteiger partial charge in [-0.05, 0) is 24.8 Å². The number of carbonyl (C=O) groups is 1. The van der Waals surface area contributed by atoms with Gasteiger partial charge in [0, 0.05) is 25.2 Å². The van der Waals surface area contributed by atoms with Gasteiger partial charge in [0.15, 0.2) is 4.34 Å². The van der Waals surface area contributed by atoms with Gasteiger partial charge in [-0.1, -0.05) is 0 Å². The van der Waals surface area contributed by atoms with E-state index in [2.05, 4.69) is 15.0 Å². The fourth-order valence-corrected chi connectivity index (χ4v) is 3.57. The highest BCUT2D eigenvalue weighted by Crippen LogP contribution is 2.32. The van der Waals surface area contributed by atoms with E-state index in [4.69, 9.17) is 5.11 Å². The molecular formula is C12H14N4O2S2. The van der Waals surface area contributed by atoms with E-state index >= 15 is 0 Å². The van der Waals surface area contributed by atoms with Crippen LogP contribution in [0, 0.1) is 6.92 Å². The molecule has 0 bridgehead atoms. The molecule has 0 saturated heterocycles. The maximum atomic E-state index is 10.8. The Morgan fingerprint density at radius 3 is 2.85 bits per heavy atom. The summed E-state index contributed by atoms with van der Waals surface area (Å²) in [4.78, 5) is 26.3. The van der Waals surface area contributed by atoms with Gasteiger partial charge < -0.3 is 10.0 Å². The first-order chi connectivity index (χ1) is 9.45. The first-order valence-corrected chi connectivity index (χ1v) is 7.45. The number of carboxylic acids is 1. The zero-order valence-corrected chi connectivity index (χ0v) is 13.0. The quantitative estimate of drug-likeness (QED) is 0.847. The number of anilines is 1. The van der Waals surface area contributed by atoms with Crippen LogP contribution < -0.4 is 4.90 Å². The van der Waals surface area contributed by atoms with Crippen molar-refractivity contribution in [1.29, 1.82) is 0 Å². The van der Waals surface area contributed by atoms with Crippen LogP contribution in [0.5, 0.6) is 0 Å². The Kier molecular flexibility index (Phi) is 4.56. The average molecular weight is 310 g/mol. The minimum atomic E-state index is -0.842. The number of hydrogen-bond acceptors (Lipinski definition) is 7. The van der Waals surface area contributed by atoms with Gasteiger partial charge in [0.05, 0.1) is 12.1 Å². The Morgan fingerprint density at radius 1 is 1.45 bits per heavy atom. The van der Waals surface area contributed by atoms with Crippen molar-refractivity contribution in [2.24, 2.45) is 0 Å². The highest BCUT2D eigenvalue weighted by molar-refractivity contribution is 8.01. The van der Waals surface area contributed by atoms with Crippen LogP contribution in [-0.4, -0.2) is 40.1 Å². The van der Waals surface area contributed by atoms with Crippen molar-refractivity contribution >= 4 is 35.0 Å². The number of nitrogens with zero attached hydrogens (tertiary/aromatic N) is 4. The van der Waals surface area contributed by atoms with E-state index in [0.29, 0.717) is 5.95 Å². The lowest BCUT2D eigenvalue weighted by molar-refractivity contribution is -0.136. The summed E-state index contributed by atoms with van der Waals surface area (Å²) in [7, 11) is 3.75. The first-order valence-electron chi connectivity index (χ1n) is 5.82. The number of aromatic nitrogens is 3. The van der Waals surface area contributed by atoms with Crippen LogP contribution in [0.25, 0.3) is 0 Å². The molecule has 0 saturated carbocycles. The van der Waals surface area contributed by atoms with E-state index in [1.165, 1.54) is 23.1 Å². The van der Waals surface area contributed by atoms with Crippen LogP contribution in [0.2, 0.25) is 0 Å². The van der Waals surface area contributed by atoms with Crippen molar-refractivity contribution in [3.8, 4) is 0 Å². The zero-order valence-electron chi connectivity index (χ0n) is 11.3. The minimum absolute atomic E-state index is 0.0107. The molecule has 0 aliphatic heterocycles. The molecule has 0 amide bonds. The molecule has 0 aliphatic rings. The molecule has 20 heavy (non-hydrogen) atoms. The number of aliphatic carboxylic acids is 1. The third-order valence-electron chi connectivity index (χ3n) is 2.39. The number of aryl methyl sites for hydroxylation is 1. The minimum Gasteiger partial charge on any atom is -0.481 e. The molecule has 2 heterocycles. The summed E-state index contributed by atoms with van der Waals surface area (Å²) in [5, 5.41) is 9.62. The van der Waals surface area contributed by atoms with Crippen molar-refractivity contribution in [2.75, 3.05) is 19.0 Å². The molecule has 6 nitrogen and oxygen atoms in total. The van der Waals surface area contributed by atoms with E-state index in [9.17, 15) is 4.79 Å². The van der Waals surface area contributed by atoms with Crippen molar-refractivity contribution in [3.05, 3.63) is 22.8 Å². The standard InChI is InChI=1S/C12H14N4O2S2/c1-7-8(6-10(17)18)19-12(14-7)20-9-4-5-13-11(15-9)16(2)3/h4-5H,6H2,1-3H3,(H,17,18). The van der Waals surface area contributed by atoms with Crippen LogP contribution in [0.1, 0.15) is 10.6 Å². The third kappa shape index (κ3) is 3.67. The normalized spacial score (nSPS) is 10.6. The van der Waals surface area contributed by atoms with Gasteiger partial charge in [0.2, 0.25) is 5.95 Å². The average Bonchev–Trinajstić information content (AvgIpc) is 2.69. The summed E-state index contributed by atoms with van der Waals surface area (Å²) in [5.41, 5.74) is 0.766. The summed E-state index contributed by atoms with van der Waals surface area (Å²) < 4.78 is 0.794. The van der Waals surface area contributed by atoms with Crippen LogP contribution in [0.3, 0.4) is 0 Å². The Hall–Kier alpha value is -1.67. The SMILES string of the molecule is Cc1nc(Sc2ccnc(N(C)C)n2)sc1CC(=O)O. The van der Waals surface area contributed by atoms with Gasteiger partial charge >= 0.3 is 5.97 Å². The summed E-state index contributed by atoms with van der Waals surface area (Å²) in [5.74, 6) is -0.209. The number of rotatable bonds is 5. The molecule has 2 aromatic rings. The van der Waals surface area contributed by atoms with E-state index < -0.39 is 5.97 Å². The smallest absolute Gasteiger partial charge is 0.308 e. The highest BCUT2D eigenvalue weighted by Gasteiger charge is 2.13. The van der Waals surface area contributed by atoms with Crippen molar-refractivity contribution in [1.82, 2.24) is 15.0 Å². The molecular weight excluding hydrogens is 296 g/mol. The lowest BCUT2D eigenvalue weighted by atomic mass is 10.3. The third-order valence-corrected chi connectivity index (χ3v) is 4.55. The van der Waals surface area contributed by atoms with Crippen molar-refractivity contribution in [3.63, 3.8) is 0 Å². The number of hydrogen-bond donors (Lipinski definition) is 1. The number of carboxylic acid groups (broad SMARTS) is 1. The van der Waals surface area contributed by atoms with Gasteiger partial charge in [-0.2, -0.15) is 0 Å². The lowest BCUT2D eigenvalue weighted by Gasteiger charge is -2.09. The Labute approximate surface area is 124 Å². The Morgan fingerprint density at radius 2 is 2.20 bits per heavy atom. The maximum absolute atomic E-state index is 10.8. The Balaban J connectivity index is 2.18. The highest BCUT2D eigenvalue weighted by atomic mass is 32.2. The molecule has 8 heteroatoms. The molecule has 0 radical (unpaired) electrons. The predicted octanol–water partition coefficient (Wildman–Crippen LogP) is 2.09. The van der Waals surface area contributed by atoms with E-state index in [0.717, 1.165) is 19.9 Å². The first kappa shape index (κ1) is 14.7. The summed E-state index contributed by atoms with van der Waals surface area (Å²) in [6.45, 7) is 1.82. The molecule has 0 aliphatic carbocycles. The molecule has 0 atom stereocenters. The van der Waals surface area contributed by atoms with Gasteiger partial charge in [0.1, 0.15) is 5.03 Å². The lowest BCUT2D eigenvalue weighted by Crippen LogP contribution is -2.12. The summed E-state index contributed by atoms with van der Waals surface area (Å²) in [6, 6.07) is 1.81. The molecule has 1 N–H and O–H groups in total. The molecule has 0 fully saturated rings. The molecule has 106 valence electrons. The second-order valence-corrected chi connectivity index (χ2v) is 6.60. The van der Waals surface area contributed by atoms with Gasteiger partial charge in [0.25, 0.3) is 0 Å². The van der Waals surface area contributed by atoms with Crippen LogP contribution in [-0.2, 0) is 11.2 Å². The predicted molar refractivity (Wildman–Crippen MR) is 78.7 cm³/mol. The van der Waals surface area contributed by atoms with Gasteiger partial charge in [-0.15, -0.1) is 11.3 Å². The van der Waals surface area contributed by atoms with E-state index in [1.54, 1.807) is 6.20 Å². The summed E-state index contributed by atoms with van der Waals surface area (Å²) >= 11 is 2.81. The van der Waals surface area contributed by atoms with E-state index in [1.807, 2.05) is 32.0 Å². The largest absolute Gasteiger partial charge is 0.481 e. The zero-order chi connectivity index (χ0) is 14.7. The molecule has 2 aromatic heterocycles. The second kappa shape index (κ2) is 6.19. The number of thiazole rings is 1. The summed E-state index contributed by atoms with van der Waals surface area (Å²) in [6.07, 6.45) is 1.71. The van der Waals surface area contributed by atoms with Crippen LogP contribution in [0.15, 0.2) is 21.6 Å². The molecule has 0 spiro atoms. The van der Waals surface area contributed by atoms with Crippen molar-refractivity contribution < 1.29 is 9.90 Å². The second-order valence-electron chi connectivity index (χ2n) is 4.25. The van der Waals surface area contributed by atoms with Crippen LogP contribution in [0.4, 0.5) is 5.95 Å². The molecule has 2 rings (SSSR count). The monoisotopic (exact) mass is 310 g/mol.